The summed E-state index contributed by atoms with van der Waals surface area (Å²) in [5.41, 5.74) is 2.38. The maximum absolute atomic E-state index is 12.4. The molecule has 0 atom stereocenters. The summed E-state index contributed by atoms with van der Waals surface area (Å²) < 4.78 is 0. The molecule has 0 spiro atoms. The highest BCUT2D eigenvalue weighted by molar-refractivity contribution is 7.18. The van der Waals surface area contributed by atoms with Gasteiger partial charge < -0.3 is 4.98 Å². The van der Waals surface area contributed by atoms with Crippen LogP contribution in [0.1, 0.15) is 34.7 Å². The molecular weight excluding hydrogens is 300 g/mol. The smallest absolute Gasteiger partial charge is 0.260 e. The molecule has 0 aromatic carbocycles. The van der Waals surface area contributed by atoms with Crippen LogP contribution in [0.15, 0.2) is 21.6 Å². The van der Waals surface area contributed by atoms with Gasteiger partial charge in [0.2, 0.25) is 0 Å². The highest BCUT2D eigenvalue weighted by atomic mass is 32.1. The number of fused-ring (bicyclic) bond motifs is 3. The van der Waals surface area contributed by atoms with E-state index in [2.05, 4.69) is 15.3 Å². The lowest BCUT2D eigenvalue weighted by Crippen LogP contribution is -2.11. The third-order valence-corrected chi connectivity index (χ3v) is 5.71. The van der Waals surface area contributed by atoms with Crippen LogP contribution in [0, 0.1) is 0 Å². The predicted molar refractivity (Wildman–Crippen MR) is 90.1 cm³/mol. The van der Waals surface area contributed by atoms with Crippen LogP contribution in [0.5, 0.6) is 0 Å². The Hall–Kier alpha value is -1.72. The average molecular weight is 314 g/mol. The van der Waals surface area contributed by atoms with Gasteiger partial charge in [0.05, 0.1) is 5.39 Å². The third-order valence-electron chi connectivity index (χ3n) is 3.82. The van der Waals surface area contributed by atoms with Gasteiger partial charge in [0.1, 0.15) is 10.7 Å². The molecule has 1 aliphatic carbocycles. The fourth-order valence-corrected chi connectivity index (χ4v) is 4.70. The second-order valence-electron chi connectivity index (χ2n) is 5.23. The minimum Gasteiger partial charge on any atom is -0.306 e. The Morgan fingerprint density at radius 3 is 3.00 bits per heavy atom. The molecule has 0 saturated heterocycles. The van der Waals surface area contributed by atoms with Crippen molar-refractivity contribution in [3.63, 3.8) is 0 Å². The van der Waals surface area contributed by atoms with Crippen molar-refractivity contribution in [2.75, 3.05) is 0 Å². The zero-order valence-electron chi connectivity index (χ0n) is 11.4. The molecule has 4 rings (SSSR count). The monoisotopic (exact) mass is 314 g/mol. The second kappa shape index (κ2) is 5.24. The van der Waals surface area contributed by atoms with Crippen LogP contribution in [0.4, 0.5) is 0 Å². The summed E-state index contributed by atoms with van der Waals surface area (Å²) in [7, 11) is 0. The molecule has 5 heteroatoms. The number of hydrogen-bond donors (Lipinski definition) is 1. The maximum Gasteiger partial charge on any atom is 0.260 e. The summed E-state index contributed by atoms with van der Waals surface area (Å²) in [6, 6.07) is 2.04. The lowest BCUT2D eigenvalue weighted by atomic mass is 9.97. The SMILES string of the molecule is O=c1[nH]c(/C=C/c2ccsc2)nc2sc3c(c12)CCCC3. The van der Waals surface area contributed by atoms with Crippen LogP contribution < -0.4 is 5.56 Å². The average Bonchev–Trinajstić information content (AvgIpc) is 3.12. The quantitative estimate of drug-likeness (QED) is 0.774. The molecule has 3 aromatic rings. The first kappa shape index (κ1) is 13.0. The van der Waals surface area contributed by atoms with Crippen LogP contribution >= 0.6 is 22.7 Å². The molecular formula is C16H14N2OS2. The molecule has 3 aromatic heterocycles. The van der Waals surface area contributed by atoms with Gasteiger partial charge in [0.25, 0.3) is 5.56 Å². The van der Waals surface area contributed by atoms with Gasteiger partial charge in [-0.05, 0) is 59.7 Å². The Morgan fingerprint density at radius 2 is 2.14 bits per heavy atom. The molecule has 0 bridgehead atoms. The highest BCUT2D eigenvalue weighted by Crippen LogP contribution is 2.33. The maximum atomic E-state index is 12.4. The Morgan fingerprint density at radius 1 is 1.24 bits per heavy atom. The van der Waals surface area contributed by atoms with Crippen LogP contribution in [-0.4, -0.2) is 9.97 Å². The number of H-pyrrole nitrogens is 1. The topological polar surface area (TPSA) is 45.8 Å². The minimum absolute atomic E-state index is 0.00405. The van der Waals surface area contributed by atoms with Crippen molar-refractivity contribution < 1.29 is 0 Å². The number of hydrogen-bond acceptors (Lipinski definition) is 4. The molecule has 1 N–H and O–H groups in total. The summed E-state index contributed by atoms with van der Waals surface area (Å²) in [5, 5.41) is 4.92. The summed E-state index contributed by atoms with van der Waals surface area (Å²) in [5.74, 6) is 0.636. The van der Waals surface area contributed by atoms with E-state index in [4.69, 9.17) is 0 Å². The van der Waals surface area contributed by atoms with Gasteiger partial charge >= 0.3 is 0 Å². The Bertz CT molecular complexity index is 872. The zero-order chi connectivity index (χ0) is 14.2. The molecule has 0 aliphatic heterocycles. The fraction of sp³-hybridized carbons (Fsp3) is 0.250. The van der Waals surface area contributed by atoms with E-state index in [1.807, 2.05) is 23.6 Å². The van der Waals surface area contributed by atoms with Crippen molar-refractivity contribution in [2.45, 2.75) is 25.7 Å². The highest BCUT2D eigenvalue weighted by Gasteiger charge is 2.19. The molecule has 3 nitrogen and oxygen atoms in total. The van der Waals surface area contributed by atoms with Crippen molar-refractivity contribution in [3.05, 3.63) is 49.0 Å². The van der Waals surface area contributed by atoms with Crippen molar-refractivity contribution in [2.24, 2.45) is 0 Å². The lowest BCUT2D eigenvalue weighted by Gasteiger charge is -2.09. The summed E-state index contributed by atoms with van der Waals surface area (Å²) in [6.45, 7) is 0. The Balaban J connectivity index is 1.80. The first-order valence-electron chi connectivity index (χ1n) is 7.06. The van der Waals surface area contributed by atoms with E-state index in [1.54, 1.807) is 22.7 Å². The molecule has 0 saturated carbocycles. The zero-order valence-corrected chi connectivity index (χ0v) is 13.0. The van der Waals surface area contributed by atoms with Gasteiger partial charge in [-0.1, -0.05) is 6.08 Å². The molecule has 3 heterocycles. The fourth-order valence-electron chi connectivity index (χ4n) is 2.80. The number of aromatic amines is 1. The Kier molecular flexibility index (Phi) is 3.24. The molecule has 106 valence electrons. The number of nitrogens with one attached hydrogen (secondary N) is 1. The first-order valence-corrected chi connectivity index (χ1v) is 8.82. The van der Waals surface area contributed by atoms with Crippen LogP contribution in [0.3, 0.4) is 0 Å². The number of aryl methyl sites for hydroxylation is 2. The van der Waals surface area contributed by atoms with Crippen molar-refractivity contribution in [1.82, 2.24) is 9.97 Å². The van der Waals surface area contributed by atoms with E-state index in [9.17, 15) is 4.79 Å². The van der Waals surface area contributed by atoms with E-state index in [0.717, 1.165) is 28.6 Å². The van der Waals surface area contributed by atoms with E-state index >= 15 is 0 Å². The normalized spacial score (nSPS) is 14.9. The van der Waals surface area contributed by atoms with E-state index in [-0.39, 0.29) is 5.56 Å². The van der Waals surface area contributed by atoms with Gasteiger partial charge in [0.15, 0.2) is 0 Å². The molecule has 0 fully saturated rings. The van der Waals surface area contributed by atoms with E-state index in [0.29, 0.717) is 5.82 Å². The largest absolute Gasteiger partial charge is 0.306 e. The van der Waals surface area contributed by atoms with Crippen LogP contribution in [0.2, 0.25) is 0 Å². The molecule has 21 heavy (non-hydrogen) atoms. The first-order chi connectivity index (χ1) is 10.3. The number of aromatic nitrogens is 2. The van der Waals surface area contributed by atoms with Crippen molar-refractivity contribution in [3.8, 4) is 0 Å². The number of nitrogens with zero attached hydrogens (tertiary/aromatic N) is 1. The minimum atomic E-state index is 0.00405. The summed E-state index contributed by atoms with van der Waals surface area (Å²) >= 11 is 3.35. The molecule has 0 radical (unpaired) electrons. The Labute approximate surface area is 130 Å². The van der Waals surface area contributed by atoms with Crippen molar-refractivity contribution >= 4 is 45.0 Å². The van der Waals surface area contributed by atoms with Gasteiger partial charge in [0, 0.05) is 4.88 Å². The van der Waals surface area contributed by atoms with Crippen LogP contribution in [-0.2, 0) is 12.8 Å². The van der Waals surface area contributed by atoms with Crippen molar-refractivity contribution in [1.29, 1.82) is 0 Å². The molecule has 0 amide bonds. The van der Waals surface area contributed by atoms with Gasteiger partial charge in [-0.3, -0.25) is 4.79 Å². The van der Waals surface area contributed by atoms with Gasteiger partial charge in [-0.25, -0.2) is 4.98 Å². The van der Waals surface area contributed by atoms with Crippen LogP contribution in [0.25, 0.3) is 22.4 Å². The van der Waals surface area contributed by atoms with Gasteiger partial charge in [-0.15, -0.1) is 11.3 Å². The van der Waals surface area contributed by atoms with E-state index in [1.165, 1.54) is 23.3 Å². The third kappa shape index (κ3) is 2.36. The van der Waals surface area contributed by atoms with Gasteiger partial charge in [-0.2, -0.15) is 11.3 Å². The summed E-state index contributed by atoms with van der Waals surface area (Å²) in [4.78, 5) is 22.1. The predicted octanol–water partition coefficient (Wildman–Crippen LogP) is 4.10. The standard InChI is InChI=1S/C16H14N2OS2/c19-15-14-11-3-1-2-4-12(11)21-16(14)18-13(17-15)6-5-10-7-8-20-9-10/h5-9H,1-4H2,(H,17,18,19)/b6-5+. The molecule has 0 unspecified atom stereocenters. The van der Waals surface area contributed by atoms with E-state index < -0.39 is 0 Å². The summed E-state index contributed by atoms with van der Waals surface area (Å²) in [6.07, 6.45) is 8.37. The number of thiophene rings is 2. The molecule has 1 aliphatic rings. The lowest BCUT2D eigenvalue weighted by molar-refractivity contribution is 0.700. The number of rotatable bonds is 2. The second-order valence-corrected chi connectivity index (χ2v) is 7.10.